The third kappa shape index (κ3) is 1.41. The van der Waals surface area contributed by atoms with Crippen LogP contribution in [0.25, 0.3) is 11.1 Å². The molecular weight excluding hydrogens is 216 g/mol. The van der Waals surface area contributed by atoms with Gasteiger partial charge in [0.25, 0.3) is 0 Å². The first kappa shape index (κ1) is 9.79. The summed E-state index contributed by atoms with van der Waals surface area (Å²) in [7, 11) is 1.70. The van der Waals surface area contributed by atoms with Crippen LogP contribution in [0.3, 0.4) is 0 Å². The van der Waals surface area contributed by atoms with E-state index in [-0.39, 0.29) is 0 Å². The van der Waals surface area contributed by atoms with Crippen LogP contribution < -0.4 is 4.74 Å². The van der Waals surface area contributed by atoms with Crippen molar-refractivity contribution in [1.29, 1.82) is 0 Å². The first-order chi connectivity index (χ1) is 7.78. The van der Waals surface area contributed by atoms with Crippen LogP contribution in [0, 0.1) is 0 Å². The second-order valence-corrected chi connectivity index (χ2v) is 4.56. The summed E-state index contributed by atoms with van der Waals surface area (Å²) in [5, 5.41) is 0. The molecule has 0 N–H and O–H groups in total. The lowest BCUT2D eigenvalue weighted by Crippen LogP contribution is -1.85. The largest absolute Gasteiger partial charge is 0.497 e. The number of hydrogen-bond donors (Lipinski definition) is 1. The van der Waals surface area contributed by atoms with E-state index in [0.29, 0.717) is 0 Å². The van der Waals surface area contributed by atoms with Crippen molar-refractivity contribution in [3.63, 3.8) is 0 Å². The van der Waals surface area contributed by atoms with Crippen molar-refractivity contribution in [2.75, 3.05) is 7.11 Å². The van der Waals surface area contributed by atoms with Gasteiger partial charge >= 0.3 is 0 Å². The number of ether oxygens (including phenoxy) is 1. The minimum absolute atomic E-state index is 0.928. The lowest BCUT2D eigenvalue weighted by Gasteiger charge is -2.03. The summed E-state index contributed by atoms with van der Waals surface area (Å²) in [5.41, 5.74) is 5.35. The van der Waals surface area contributed by atoms with Gasteiger partial charge in [-0.3, -0.25) is 0 Å². The molecule has 16 heavy (non-hydrogen) atoms. The summed E-state index contributed by atoms with van der Waals surface area (Å²) in [6, 6.07) is 12.6. The Morgan fingerprint density at radius 3 is 2.44 bits per heavy atom. The van der Waals surface area contributed by atoms with Crippen LogP contribution in [0.2, 0.25) is 0 Å². The minimum atomic E-state index is 0.928. The van der Waals surface area contributed by atoms with E-state index in [1.165, 1.54) is 22.3 Å². The van der Waals surface area contributed by atoms with Gasteiger partial charge in [-0.1, -0.05) is 12.1 Å². The number of methoxy groups -OCH3 is 1. The van der Waals surface area contributed by atoms with Crippen LogP contribution in [0.1, 0.15) is 11.1 Å². The third-order valence-corrected chi connectivity index (χ3v) is 3.35. The molecule has 0 saturated carbocycles. The summed E-state index contributed by atoms with van der Waals surface area (Å²) in [6.45, 7) is 0. The molecule has 0 bridgehead atoms. The molecule has 1 nitrogen and oxygen atoms in total. The highest BCUT2D eigenvalue weighted by Crippen LogP contribution is 2.38. The van der Waals surface area contributed by atoms with Gasteiger partial charge in [-0.25, -0.2) is 0 Å². The Morgan fingerprint density at radius 2 is 1.69 bits per heavy atom. The Labute approximate surface area is 100 Å². The van der Waals surface area contributed by atoms with Gasteiger partial charge in [-0.05, 0) is 52.9 Å². The summed E-state index contributed by atoms with van der Waals surface area (Å²) >= 11 is 4.38. The van der Waals surface area contributed by atoms with Gasteiger partial charge < -0.3 is 4.74 Å². The van der Waals surface area contributed by atoms with Crippen molar-refractivity contribution < 1.29 is 4.74 Å². The topological polar surface area (TPSA) is 9.23 Å². The van der Waals surface area contributed by atoms with Crippen LogP contribution in [-0.2, 0) is 6.42 Å². The van der Waals surface area contributed by atoms with Crippen molar-refractivity contribution >= 4 is 12.6 Å². The Balaban J connectivity index is 2.16. The molecule has 0 aromatic heterocycles. The van der Waals surface area contributed by atoms with Gasteiger partial charge in [0.2, 0.25) is 0 Å². The molecule has 0 fully saturated rings. The molecule has 0 atom stereocenters. The number of fused-ring (bicyclic) bond motifs is 3. The zero-order valence-corrected chi connectivity index (χ0v) is 9.92. The standard InChI is InChI=1S/C14H12OS/c1-15-11-2-4-13-9(7-11)6-10-8-12(16)3-5-14(10)13/h2-5,7-8,16H,6H2,1H3. The molecule has 1 aliphatic rings. The van der Waals surface area contributed by atoms with Crippen LogP contribution in [-0.4, -0.2) is 7.11 Å². The SMILES string of the molecule is COc1ccc2c(c1)Cc1cc(S)ccc1-2. The molecule has 0 saturated heterocycles. The van der Waals surface area contributed by atoms with E-state index in [2.05, 4.69) is 36.9 Å². The van der Waals surface area contributed by atoms with Crippen molar-refractivity contribution in [2.24, 2.45) is 0 Å². The Kier molecular flexibility index (Phi) is 2.18. The fourth-order valence-corrected chi connectivity index (χ4v) is 2.53. The molecule has 80 valence electrons. The zero-order valence-electron chi connectivity index (χ0n) is 9.03. The Morgan fingerprint density at radius 1 is 1.00 bits per heavy atom. The van der Waals surface area contributed by atoms with Gasteiger partial charge in [0, 0.05) is 4.90 Å². The van der Waals surface area contributed by atoms with Crippen molar-refractivity contribution in [2.45, 2.75) is 11.3 Å². The molecule has 0 heterocycles. The van der Waals surface area contributed by atoms with E-state index in [0.717, 1.165) is 17.1 Å². The van der Waals surface area contributed by atoms with Gasteiger partial charge in [0.1, 0.15) is 5.75 Å². The zero-order chi connectivity index (χ0) is 11.1. The lowest BCUT2D eigenvalue weighted by atomic mass is 10.1. The van der Waals surface area contributed by atoms with Crippen LogP contribution in [0.5, 0.6) is 5.75 Å². The first-order valence-corrected chi connectivity index (χ1v) is 5.72. The van der Waals surface area contributed by atoms with Crippen LogP contribution >= 0.6 is 12.6 Å². The van der Waals surface area contributed by atoms with Crippen molar-refractivity contribution in [1.82, 2.24) is 0 Å². The van der Waals surface area contributed by atoms with Gasteiger partial charge in [0.05, 0.1) is 7.11 Å². The second kappa shape index (κ2) is 3.56. The van der Waals surface area contributed by atoms with Crippen molar-refractivity contribution in [3.8, 4) is 16.9 Å². The maximum absolute atomic E-state index is 5.25. The van der Waals surface area contributed by atoms with E-state index in [9.17, 15) is 0 Å². The van der Waals surface area contributed by atoms with Gasteiger partial charge in [-0.2, -0.15) is 0 Å². The summed E-state index contributed by atoms with van der Waals surface area (Å²) in [6.07, 6.45) is 0.982. The fraction of sp³-hybridized carbons (Fsp3) is 0.143. The monoisotopic (exact) mass is 228 g/mol. The van der Waals surface area contributed by atoms with Crippen molar-refractivity contribution in [3.05, 3.63) is 47.5 Å². The maximum atomic E-state index is 5.25. The van der Waals surface area contributed by atoms with Gasteiger partial charge in [0.15, 0.2) is 0 Å². The Bertz CT molecular complexity index is 561. The van der Waals surface area contributed by atoms with Crippen LogP contribution in [0.4, 0.5) is 0 Å². The van der Waals surface area contributed by atoms with E-state index in [1.807, 2.05) is 12.1 Å². The molecule has 0 radical (unpaired) electrons. The van der Waals surface area contributed by atoms with E-state index < -0.39 is 0 Å². The van der Waals surface area contributed by atoms with Gasteiger partial charge in [-0.15, -0.1) is 12.6 Å². The molecule has 0 amide bonds. The molecule has 2 heteroatoms. The number of rotatable bonds is 1. The Hall–Kier alpha value is -1.41. The second-order valence-electron chi connectivity index (χ2n) is 4.04. The third-order valence-electron chi connectivity index (χ3n) is 3.07. The summed E-state index contributed by atoms with van der Waals surface area (Å²) < 4.78 is 5.25. The molecule has 0 aliphatic heterocycles. The smallest absolute Gasteiger partial charge is 0.119 e. The molecule has 2 aromatic carbocycles. The molecule has 3 rings (SSSR count). The first-order valence-electron chi connectivity index (χ1n) is 5.27. The summed E-state index contributed by atoms with van der Waals surface area (Å²) in [4.78, 5) is 1.03. The van der Waals surface area contributed by atoms with Crippen LogP contribution in [0.15, 0.2) is 41.3 Å². The predicted molar refractivity (Wildman–Crippen MR) is 68.5 cm³/mol. The highest BCUT2D eigenvalue weighted by molar-refractivity contribution is 7.80. The average Bonchev–Trinajstić information content (AvgIpc) is 2.64. The minimum Gasteiger partial charge on any atom is -0.497 e. The average molecular weight is 228 g/mol. The quantitative estimate of drug-likeness (QED) is 0.627. The molecule has 0 unspecified atom stereocenters. The highest BCUT2D eigenvalue weighted by atomic mass is 32.1. The molecular formula is C14H12OS. The number of benzene rings is 2. The van der Waals surface area contributed by atoms with E-state index in [4.69, 9.17) is 4.74 Å². The highest BCUT2D eigenvalue weighted by Gasteiger charge is 2.18. The number of thiol groups is 1. The van der Waals surface area contributed by atoms with E-state index in [1.54, 1.807) is 7.11 Å². The normalized spacial score (nSPS) is 12.1. The predicted octanol–water partition coefficient (Wildman–Crippen LogP) is 3.56. The molecule has 2 aromatic rings. The van der Waals surface area contributed by atoms with E-state index >= 15 is 0 Å². The number of hydrogen-bond acceptors (Lipinski definition) is 2. The lowest BCUT2D eigenvalue weighted by molar-refractivity contribution is 0.414. The molecule has 1 aliphatic carbocycles. The summed E-state index contributed by atoms with van der Waals surface area (Å²) in [5.74, 6) is 0.928. The molecule has 0 spiro atoms. The fourth-order valence-electron chi connectivity index (χ4n) is 2.30. The maximum Gasteiger partial charge on any atom is 0.119 e.